The molecular weight excluding hydrogens is 552 g/mol. The summed E-state index contributed by atoms with van der Waals surface area (Å²) in [6.07, 6.45) is -1.75. The number of carboxylic acids is 1. The fourth-order valence-electron chi connectivity index (χ4n) is 3.82. The molecule has 3 heterocycles. The van der Waals surface area contributed by atoms with Crippen molar-refractivity contribution in [2.24, 2.45) is 0 Å². The molecular formula is C29H35F2N5O6. The SMILES string of the molecule is CC.CF.Cc1ccc(C(=O)O)cc1.Cc1ccc(C(=O)OCC2CC(F)C(n3cnc4c(=O)[nH]c(N)nc43)O2)cc1. The molecule has 3 unspecified atom stereocenters. The van der Waals surface area contributed by atoms with Crippen LogP contribution in [0.2, 0.25) is 0 Å². The van der Waals surface area contributed by atoms with Crippen molar-refractivity contribution < 1.29 is 33.0 Å². The van der Waals surface area contributed by atoms with Gasteiger partial charge in [0.15, 0.2) is 17.4 Å². The first-order valence-corrected chi connectivity index (χ1v) is 13.1. The van der Waals surface area contributed by atoms with E-state index in [9.17, 15) is 23.2 Å². The number of benzene rings is 2. The van der Waals surface area contributed by atoms with Crippen LogP contribution in [0, 0.1) is 13.8 Å². The Bertz CT molecular complexity index is 1510. The van der Waals surface area contributed by atoms with E-state index >= 15 is 0 Å². The van der Waals surface area contributed by atoms with Crippen LogP contribution in [0.5, 0.6) is 0 Å². The molecule has 0 radical (unpaired) electrons. The zero-order valence-electron chi connectivity index (χ0n) is 24.0. The number of nitrogen functional groups attached to an aromatic ring is 1. The molecule has 2 aromatic heterocycles. The third-order valence-corrected chi connectivity index (χ3v) is 5.84. The molecule has 4 N–H and O–H groups in total. The molecule has 0 saturated carbocycles. The molecule has 2 aromatic carbocycles. The first kappa shape index (κ1) is 33.6. The van der Waals surface area contributed by atoms with Gasteiger partial charge in [-0.05, 0) is 38.1 Å². The molecule has 1 aliphatic rings. The Labute approximate surface area is 241 Å². The third kappa shape index (κ3) is 8.67. The minimum atomic E-state index is -1.39. The number of ether oxygens (including phenoxy) is 2. The number of carbonyl (C=O) groups is 2. The number of hydrogen-bond acceptors (Lipinski definition) is 8. The van der Waals surface area contributed by atoms with Gasteiger partial charge in [0.25, 0.3) is 5.56 Å². The Morgan fingerprint density at radius 3 is 2.17 bits per heavy atom. The van der Waals surface area contributed by atoms with Crippen molar-refractivity contribution in [3.63, 3.8) is 0 Å². The highest BCUT2D eigenvalue weighted by Crippen LogP contribution is 2.33. The van der Waals surface area contributed by atoms with E-state index in [0.717, 1.165) is 11.1 Å². The number of nitrogens with zero attached hydrogens (tertiary/aromatic N) is 3. The number of H-pyrrole nitrogens is 1. The van der Waals surface area contributed by atoms with E-state index in [1.54, 1.807) is 48.5 Å². The minimum Gasteiger partial charge on any atom is -0.478 e. The number of rotatable bonds is 5. The number of imidazole rings is 1. The van der Waals surface area contributed by atoms with Gasteiger partial charge >= 0.3 is 11.9 Å². The van der Waals surface area contributed by atoms with Gasteiger partial charge in [0, 0.05) is 6.42 Å². The highest BCUT2D eigenvalue weighted by atomic mass is 19.1. The van der Waals surface area contributed by atoms with E-state index in [1.165, 1.54) is 10.9 Å². The van der Waals surface area contributed by atoms with Crippen LogP contribution in [0.3, 0.4) is 0 Å². The van der Waals surface area contributed by atoms with E-state index in [0.29, 0.717) is 18.3 Å². The number of esters is 1. The normalized spacial score (nSPS) is 17.1. The number of nitrogens with two attached hydrogens (primary N) is 1. The number of aromatic nitrogens is 4. The maximum absolute atomic E-state index is 14.6. The molecule has 0 bridgehead atoms. The van der Waals surface area contributed by atoms with Crippen molar-refractivity contribution >= 4 is 29.1 Å². The zero-order chi connectivity index (χ0) is 31.4. The third-order valence-electron chi connectivity index (χ3n) is 5.84. The molecule has 1 aliphatic heterocycles. The van der Waals surface area contributed by atoms with E-state index in [-0.39, 0.29) is 30.1 Å². The topological polar surface area (TPSA) is 162 Å². The first-order chi connectivity index (χ1) is 20.1. The molecule has 0 aliphatic carbocycles. The van der Waals surface area contributed by atoms with Crippen molar-refractivity contribution in [3.05, 3.63) is 87.5 Å². The largest absolute Gasteiger partial charge is 0.478 e. The molecule has 3 atom stereocenters. The van der Waals surface area contributed by atoms with Gasteiger partial charge in [0.1, 0.15) is 12.8 Å². The summed E-state index contributed by atoms with van der Waals surface area (Å²) in [6.45, 7) is 7.75. The number of aromatic carboxylic acids is 1. The Morgan fingerprint density at radius 2 is 1.62 bits per heavy atom. The zero-order valence-corrected chi connectivity index (χ0v) is 24.0. The summed E-state index contributed by atoms with van der Waals surface area (Å²) in [5, 5.41) is 8.48. The minimum absolute atomic E-state index is 0.0319. The number of halogens is 2. The van der Waals surface area contributed by atoms with E-state index in [4.69, 9.17) is 20.3 Å². The number of hydrogen-bond donors (Lipinski definition) is 3. The van der Waals surface area contributed by atoms with E-state index < -0.39 is 36.0 Å². The van der Waals surface area contributed by atoms with Gasteiger partial charge in [-0.25, -0.2) is 19.0 Å². The van der Waals surface area contributed by atoms with Crippen LogP contribution in [0.4, 0.5) is 14.7 Å². The quantitative estimate of drug-likeness (QED) is 0.278. The highest BCUT2D eigenvalue weighted by molar-refractivity contribution is 5.89. The molecule has 1 saturated heterocycles. The van der Waals surface area contributed by atoms with Gasteiger partial charge < -0.3 is 20.3 Å². The Morgan fingerprint density at radius 1 is 1.07 bits per heavy atom. The molecule has 226 valence electrons. The van der Waals surface area contributed by atoms with Gasteiger partial charge in [0.2, 0.25) is 5.95 Å². The Kier molecular flexibility index (Phi) is 12.8. The predicted molar refractivity (Wildman–Crippen MR) is 154 cm³/mol. The van der Waals surface area contributed by atoms with E-state index in [1.807, 2.05) is 27.7 Å². The molecule has 0 amide bonds. The number of carbonyl (C=O) groups excluding carboxylic acids is 1. The Hall–Kier alpha value is -4.65. The second-order valence-corrected chi connectivity index (χ2v) is 8.81. The summed E-state index contributed by atoms with van der Waals surface area (Å²) in [5.41, 5.74) is 8.07. The van der Waals surface area contributed by atoms with Gasteiger partial charge in [-0.2, -0.15) is 4.98 Å². The number of alkyl halides is 2. The van der Waals surface area contributed by atoms with Crippen molar-refractivity contribution in [1.29, 1.82) is 0 Å². The highest BCUT2D eigenvalue weighted by Gasteiger charge is 2.38. The van der Waals surface area contributed by atoms with Gasteiger partial charge in [-0.3, -0.25) is 18.7 Å². The number of aromatic amines is 1. The van der Waals surface area contributed by atoms with Crippen molar-refractivity contribution in [2.45, 2.75) is 52.6 Å². The number of nitrogens with one attached hydrogen (secondary N) is 1. The first-order valence-electron chi connectivity index (χ1n) is 13.1. The monoisotopic (exact) mass is 587 g/mol. The van der Waals surface area contributed by atoms with Crippen LogP contribution in [0.25, 0.3) is 11.2 Å². The summed E-state index contributed by atoms with van der Waals surface area (Å²) in [5.74, 6) is -1.48. The lowest BCUT2D eigenvalue weighted by molar-refractivity contribution is -0.0420. The summed E-state index contributed by atoms with van der Waals surface area (Å²) in [4.78, 5) is 44.6. The second kappa shape index (κ2) is 16.0. The number of fused-ring (bicyclic) bond motifs is 1. The van der Waals surface area contributed by atoms with Crippen LogP contribution in [0.1, 0.15) is 58.3 Å². The van der Waals surface area contributed by atoms with Crippen LogP contribution >= 0.6 is 0 Å². The molecule has 1 fully saturated rings. The second-order valence-electron chi connectivity index (χ2n) is 8.81. The van der Waals surface area contributed by atoms with Crippen molar-refractivity contribution in [2.75, 3.05) is 19.5 Å². The fourth-order valence-corrected chi connectivity index (χ4v) is 3.82. The number of carboxylic acid groups (broad SMARTS) is 1. The van der Waals surface area contributed by atoms with Crippen LogP contribution in [-0.4, -0.2) is 62.6 Å². The lowest BCUT2D eigenvalue weighted by atomic mass is 10.1. The summed E-state index contributed by atoms with van der Waals surface area (Å²) in [6, 6.07) is 13.7. The van der Waals surface area contributed by atoms with Gasteiger partial charge in [0.05, 0.1) is 30.7 Å². The Balaban J connectivity index is 0.000000369. The van der Waals surface area contributed by atoms with Crippen LogP contribution < -0.4 is 11.3 Å². The molecule has 11 nitrogen and oxygen atoms in total. The van der Waals surface area contributed by atoms with E-state index in [2.05, 4.69) is 15.0 Å². The smallest absolute Gasteiger partial charge is 0.338 e. The van der Waals surface area contributed by atoms with Gasteiger partial charge in [-0.15, -0.1) is 0 Å². The molecule has 5 rings (SSSR count). The average Bonchev–Trinajstić information content (AvgIpc) is 3.57. The predicted octanol–water partition coefficient (Wildman–Crippen LogP) is 4.80. The van der Waals surface area contributed by atoms with Crippen LogP contribution in [-0.2, 0) is 9.47 Å². The maximum atomic E-state index is 14.6. The fraction of sp³-hybridized carbons (Fsp3) is 0.345. The maximum Gasteiger partial charge on any atom is 0.338 e. The standard InChI is InChI=1S/C18H18FN5O4.C8H8O2.C2H6.CH3F/c1-9-2-4-10(5-3-9)17(26)27-7-11-6-12(19)16(28-11)24-8-21-13-14(24)22-18(20)23-15(13)25;1-6-2-4-7(5-3-6)8(9)10;2*1-2/h2-5,8,11-12,16H,6-7H2,1H3,(H3,20,22,23,25);2-5H,1H3,(H,9,10);1-2H3;1H3. The lowest BCUT2D eigenvalue weighted by Crippen LogP contribution is -2.20. The summed E-state index contributed by atoms with van der Waals surface area (Å²) < 4.78 is 36.3. The molecule has 13 heteroatoms. The number of anilines is 1. The van der Waals surface area contributed by atoms with Gasteiger partial charge in [-0.1, -0.05) is 49.2 Å². The molecule has 4 aromatic rings. The molecule has 42 heavy (non-hydrogen) atoms. The number of aryl methyl sites for hydroxylation is 2. The van der Waals surface area contributed by atoms with Crippen LogP contribution in [0.15, 0.2) is 59.7 Å². The summed E-state index contributed by atoms with van der Waals surface area (Å²) >= 11 is 0. The molecule has 0 spiro atoms. The summed E-state index contributed by atoms with van der Waals surface area (Å²) in [7, 11) is 0.500. The van der Waals surface area contributed by atoms with Crippen molar-refractivity contribution in [1.82, 2.24) is 19.5 Å². The van der Waals surface area contributed by atoms with Crippen molar-refractivity contribution in [3.8, 4) is 0 Å². The average molecular weight is 588 g/mol. The lowest BCUT2D eigenvalue weighted by Gasteiger charge is -2.16.